The van der Waals surface area contributed by atoms with Crippen LogP contribution in [0.5, 0.6) is 5.75 Å². The fraction of sp³-hybridized carbons (Fsp3) is 0. The lowest BCUT2D eigenvalue weighted by atomic mass is 10.1. The summed E-state index contributed by atoms with van der Waals surface area (Å²) in [5, 5.41) is 11.1. The molecule has 0 radical (unpaired) electrons. The molecule has 0 saturated carbocycles. The lowest BCUT2D eigenvalue weighted by molar-refractivity contribution is -0.385. The molecule has 0 aromatic heterocycles. The third kappa shape index (κ3) is 4.59. The molecule has 0 unspecified atom stereocenters. The summed E-state index contributed by atoms with van der Waals surface area (Å²) < 4.78 is 30.6. The monoisotopic (exact) mass is 381 g/mol. The number of nitrogens with zero attached hydrogens (tertiary/aromatic N) is 1. The van der Waals surface area contributed by atoms with Crippen LogP contribution in [0.3, 0.4) is 0 Å². The van der Waals surface area contributed by atoms with E-state index in [0.29, 0.717) is 5.56 Å². The van der Waals surface area contributed by atoms with E-state index in [1.54, 1.807) is 30.4 Å². The minimum Gasteiger partial charge on any atom is -0.379 e. The van der Waals surface area contributed by atoms with Crippen LogP contribution in [0.25, 0.3) is 12.2 Å². The molecule has 0 amide bonds. The Bertz CT molecular complexity index is 1080. The van der Waals surface area contributed by atoms with Gasteiger partial charge in [0.05, 0.1) is 4.92 Å². The molecule has 0 atom stereocenters. The normalized spacial score (nSPS) is 11.4. The Morgan fingerprint density at radius 2 is 1.48 bits per heavy atom. The lowest BCUT2D eigenvalue weighted by Crippen LogP contribution is -2.11. The van der Waals surface area contributed by atoms with E-state index in [1.807, 2.05) is 30.3 Å². The molecule has 6 nitrogen and oxygen atoms in total. The molecule has 0 bridgehead atoms. The van der Waals surface area contributed by atoms with E-state index in [1.165, 1.54) is 24.3 Å². The van der Waals surface area contributed by atoms with Gasteiger partial charge < -0.3 is 4.18 Å². The Morgan fingerprint density at radius 3 is 2.11 bits per heavy atom. The molecular formula is C20H15NO5S. The third-order valence-electron chi connectivity index (χ3n) is 3.68. The van der Waals surface area contributed by atoms with Crippen molar-refractivity contribution in [2.24, 2.45) is 0 Å². The molecule has 3 aromatic carbocycles. The Labute approximate surface area is 156 Å². The minimum atomic E-state index is -4.26. The second-order valence-corrected chi connectivity index (χ2v) is 7.09. The van der Waals surface area contributed by atoms with E-state index in [4.69, 9.17) is 4.18 Å². The van der Waals surface area contributed by atoms with Gasteiger partial charge in [0.25, 0.3) is 5.69 Å². The summed E-state index contributed by atoms with van der Waals surface area (Å²) in [5.41, 5.74) is 0.825. The molecule has 0 aliphatic rings. The number of hydrogen-bond acceptors (Lipinski definition) is 5. The van der Waals surface area contributed by atoms with E-state index >= 15 is 0 Å². The lowest BCUT2D eigenvalue weighted by Gasteiger charge is -2.09. The van der Waals surface area contributed by atoms with Crippen molar-refractivity contribution in [2.45, 2.75) is 4.90 Å². The predicted octanol–water partition coefficient (Wildman–Crippen LogP) is 4.53. The summed E-state index contributed by atoms with van der Waals surface area (Å²) in [7, 11) is -4.26. The van der Waals surface area contributed by atoms with Gasteiger partial charge in [0.2, 0.25) is 0 Å². The van der Waals surface area contributed by atoms with Crippen molar-refractivity contribution >= 4 is 28.0 Å². The van der Waals surface area contributed by atoms with Gasteiger partial charge in [0.15, 0.2) is 0 Å². The van der Waals surface area contributed by atoms with Gasteiger partial charge in [-0.15, -0.1) is 0 Å². The van der Waals surface area contributed by atoms with Crippen LogP contribution in [0, 0.1) is 10.1 Å². The van der Waals surface area contributed by atoms with Crippen LogP contribution in [0.4, 0.5) is 5.69 Å². The second kappa shape index (κ2) is 7.84. The zero-order valence-electron chi connectivity index (χ0n) is 14.1. The molecule has 3 rings (SSSR count). The first-order chi connectivity index (χ1) is 13.0. The van der Waals surface area contributed by atoms with Crippen LogP contribution in [0.1, 0.15) is 11.1 Å². The topological polar surface area (TPSA) is 86.5 Å². The molecule has 0 heterocycles. The molecule has 136 valence electrons. The Morgan fingerprint density at radius 1 is 0.852 bits per heavy atom. The van der Waals surface area contributed by atoms with Crippen molar-refractivity contribution in [3.05, 3.63) is 100 Å². The van der Waals surface area contributed by atoms with Gasteiger partial charge in [-0.05, 0) is 29.3 Å². The summed E-state index contributed by atoms with van der Waals surface area (Å²) in [4.78, 5) is 10.2. The fourth-order valence-corrected chi connectivity index (χ4v) is 3.53. The van der Waals surface area contributed by atoms with Gasteiger partial charge in [-0.1, -0.05) is 60.7 Å². The van der Waals surface area contributed by atoms with Gasteiger partial charge >= 0.3 is 10.1 Å². The van der Waals surface area contributed by atoms with Gasteiger partial charge in [-0.3, -0.25) is 10.1 Å². The second-order valence-electron chi connectivity index (χ2n) is 5.57. The van der Waals surface area contributed by atoms with Crippen molar-refractivity contribution < 1.29 is 17.5 Å². The third-order valence-corrected chi connectivity index (χ3v) is 4.99. The predicted molar refractivity (Wildman–Crippen MR) is 103 cm³/mol. The highest BCUT2D eigenvalue weighted by molar-refractivity contribution is 7.87. The molecule has 0 aliphatic heterocycles. The zero-order chi connectivity index (χ0) is 19.3. The van der Waals surface area contributed by atoms with E-state index in [-0.39, 0.29) is 16.3 Å². The maximum absolute atomic E-state index is 12.7. The number of nitro groups is 1. The van der Waals surface area contributed by atoms with Crippen molar-refractivity contribution in [3.63, 3.8) is 0 Å². The number of non-ortho nitro benzene ring substituents is 1. The van der Waals surface area contributed by atoms with E-state index in [9.17, 15) is 18.5 Å². The zero-order valence-corrected chi connectivity index (χ0v) is 14.9. The van der Waals surface area contributed by atoms with Gasteiger partial charge in [-0.2, -0.15) is 8.42 Å². The molecule has 0 aliphatic carbocycles. The van der Waals surface area contributed by atoms with Crippen molar-refractivity contribution in [3.8, 4) is 5.75 Å². The molecule has 3 aromatic rings. The van der Waals surface area contributed by atoms with E-state index in [2.05, 4.69) is 0 Å². The highest BCUT2D eigenvalue weighted by atomic mass is 32.2. The largest absolute Gasteiger partial charge is 0.379 e. The van der Waals surface area contributed by atoms with Crippen LogP contribution >= 0.6 is 0 Å². The van der Waals surface area contributed by atoms with Crippen LogP contribution in [-0.2, 0) is 10.1 Å². The van der Waals surface area contributed by atoms with Crippen LogP contribution in [0.15, 0.2) is 83.8 Å². The average Bonchev–Trinajstić information content (AvgIpc) is 2.67. The summed E-state index contributed by atoms with van der Waals surface area (Å²) in [5.74, 6) is 0.127. The summed E-state index contributed by atoms with van der Waals surface area (Å²) in [6.07, 6.45) is 3.31. The highest BCUT2D eigenvalue weighted by Crippen LogP contribution is 2.27. The smallest absolute Gasteiger partial charge is 0.340 e. The van der Waals surface area contributed by atoms with E-state index in [0.717, 1.165) is 11.6 Å². The molecule has 0 saturated heterocycles. The number of rotatable bonds is 6. The highest BCUT2D eigenvalue weighted by Gasteiger charge is 2.23. The first-order valence-corrected chi connectivity index (χ1v) is 9.38. The minimum absolute atomic E-state index is 0.127. The molecule has 7 heteroatoms. The van der Waals surface area contributed by atoms with Crippen LogP contribution < -0.4 is 4.18 Å². The molecular weight excluding hydrogens is 366 g/mol. The summed E-state index contributed by atoms with van der Waals surface area (Å²) in [6.45, 7) is 0. The standard InChI is InChI=1S/C20H15NO5S/c22-21(23)18-14-13-17(12-11-16-7-3-1-4-8-16)20(15-18)27(24,25)26-19-9-5-2-6-10-19/h1-15H/b12-11+. The van der Waals surface area contributed by atoms with Crippen LogP contribution in [-0.4, -0.2) is 13.3 Å². The number of benzene rings is 3. The molecule has 0 spiro atoms. The summed E-state index contributed by atoms with van der Waals surface area (Å²) in [6, 6.07) is 20.9. The first kappa shape index (κ1) is 18.3. The van der Waals surface area contributed by atoms with Gasteiger partial charge in [-0.25, -0.2) is 0 Å². The number of nitro benzene ring substituents is 1. The number of para-hydroxylation sites is 1. The van der Waals surface area contributed by atoms with Crippen molar-refractivity contribution in [2.75, 3.05) is 0 Å². The molecule has 0 N–H and O–H groups in total. The SMILES string of the molecule is O=[N+]([O-])c1ccc(/C=C/c2ccccc2)c(S(=O)(=O)Oc2ccccc2)c1. The molecule has 27 heavy (non-hydrogen) atoms. The van der Waals surface area contributed by atoms with Crippen molar-refractivity contribution in [1.82, 2.24) is 0 Å². The maximum Gasteiger partial charge on any atom is 0.340 e. The maximum atomic E-state index is 12.7. The first-order valence-electron chi connectivity index (χ1n) is 7.97. The Balaban J connectivity index is 2.04. The Kier molecular flexibility index (Phi) is 5.33. The average molecular weight is 381 g/mol. The fourth-order valence-electron chi connectivity index (χ4n) is 2.39. The number of hydrogen-bond donors (Lipinski definition) is 0. The molecule has 0 fully saturated rings. The van der Waals surface area contributed by atoms with Crippen LogP contribution in [0.2, 0.25) is 0 Å². The van der Waals surface area contributed by atoms with Gasteiger partial charge in [0, 0.05) is 12.1 Å². The van der Waals surface area contributed by atoms with Crippen molar-refractivity contribution in [1.29, 1.82) is 0 Å². The Hall–Kier alpha value is -3.45. The van der Waals surface area contributed by atoms with Gasteiger partial charge in [0.1, 0.15) is 10.6 Å². The summed E-state index contributed by atoms with van der Waals surface area (Å²) >= 11 is 0. The van der Waals surface area contributed by atoms with E-state index < -0.39 is 15.0 Å². The quantitative estimate of drug-likeness (QED) is 0.271.